The number of Topliss-reactive ketones (excluding diaryl/α,β-unsaturated/α-hetero) is 1. The predicted octanol–water partition coefficient (Wildman–Crippen LogP) is 8.45. The van der Waals surface area contributed by atoms with Crippen molar-refractivity contribution in [3.63, 3.8) is 0 Å². The summed E-state index contributed by atoms with van der Waals surface area (Å²) in [7, 11) is 4.00. The highest BCUT2D eigenvalue weighted by atomic mass is 33.1. The van der Waals surface area contributed by atoms with Crippen molar-refractivity contribution < 1.29 is 19.1 Å². The molecule has 1 N–H and O–H groups in total. The van der Waals surface area contributed by atoms with Gasteiger partial charge in [0.05, 0.1) is 5.56 Å². The Kier molecular flexibility index (Phi) is 24.9. The van der Waals surface area contributed by atoms with Crippen molar-refractivity contribution in [3.05, 3.63) is 30.1 Å². The van der Waals surface area contributed by atoms with Gasteiger partial charge in [-0.05, 0) is 85.8 Å². The summed E-state index contributed by atoms with van der Waals surface area (Å²) in [5, 5.41) is 2.72. The van der Waals surface area contributed by atoms with Crippen LogP contribution in [0.1, 0.15) is 130 Å². The minimum absolute atomic E-state index is 0.0305. The molecule has 0 aromatic carbocycles. The average molecular weight is 595 g/mol. The maximum absolute atomic E-state index is 11.8. The molecule has 1 fully saturated rings. The molecule has 1 amide bonds. The van der Waals surface area contributed by atoms with Crippen LogP contribution in [-0.4, -0.2) is 45.3 Å². The first-order valence-electron chi connectivity index (χ1n) is 14.5. The summed E-state index contributed by atoms with van der Waals surface area (Å²) in [4.78, 5) is 37.7. The van der Waals surface area contributed by atoms with Gasteiger partial charge < -0.3 is 14.8 Å². The zero-order chi connectivity index (χ0) is 30.9. The number of ether oxygens (including phenoxy) is 1. The number of aromatic nitrogens is 1. The fraction of sp³-hybridized carbons (Fsp3) is 0.688. The van der Waals surface area contributed by atoms with Gasteiger partial charge in [0.25, 0.3) is 5.91 Å². The van der Waals surface area contributed by atoms with Gasteiger partial charge in [0.1, 0.15) is 11.4 Å². The molecule has 0 bridgehead atoms. The van der Waals surface area contributed by atoms with Gasteiger partial charge in [-0.3, -0.25) is 14.6 Å². The Hall–Kier alpha value is -1.98. The maximum Gasteiger partial charge on any atom is 0.306 e. The van der Waals surface area contributed by atoms with Gasteiger partial charge in [0.2, 0.25) is 0 Å². The van der Waals surface area contributed by atoms with Gasteiger partial charge in [0.15, 0.2) is 0 Å². The molecule has 1 aliphatic heterocycles. The van der Waals surface area contributed by atoms with E-state index in [1.165, 1.54) is 24.8 Å². The first kappa shape index (κ1) is 40.2. The molecule has 228 valence electrons. The molecule has 2 heterocycles. The predicted molar refractivity (Wildman–Crippen MR) is 174 cm³/mol. The molecule has 8 heteroatoms. The van der Waals surface area contributed by atoms with Crippen LogP contribution in [0.2, 0.25) is 0 Å². The lowest BCUT2D eigenvalue weighted by Crippen LogP contribution is -2.27. The molecule has 0 saturated carbocycles. The number of pyridine rings is 1. The number of carbonyl (C=O) groups is 3. The second-order valence-corrected chi connectivity index (χ2v) is 13.1. The minimum atomic E-state index is -0.296. The third kappa shape index (κ3) is 22.8. The first-order valence-corrected chi connectivity index (χ1v) is 16.8. The highest BCUT2D eigenvalue weighted by Crippen LogP contribution is 2.49. The van der Waals surface area contributed by atoms with Crippen LogP contribution < -0.4 is 5.32 Å². The Morgan fingerprint density at radius 3 is 2.30 bits per heavy atom. The molecular formula is C32H54N2O4S2. The van der Waals surface area contributed by atoms with E-state index in [-0.39, 0.29) is 23.3 Å². The maximum atomic E-state index is 11.8. The van der Waals surface area contributed by atoms with Crippen molar-refractivity contribution in [2.45, 2.75) is 130 Å². The van der Waals surface area contributed by atoms with E-state index in [4.69, 9.17) is 4.74 Å². The summed E-state index contributed by atoms with van der Waals surface area (Å²) >= 11 is 0. The molecule has 40 heavy (non-hydrogen) atoms. The minimum Gasteiger partial charge on any atom is -0.460 e. The van der Waals surface area contributed by atoms with E-state index in [1.807, 2.05) is 63.1 Å². The molecular weight excluding hydrogens is 540 g/mol. The van der Waals surface area contributed by atoms with Crippen LogP contribution in [0.5, 0.6) is 0 Å². The van der Waals surface area contributed by atoms with Crippen molar-refractivity contribution >= 4 is 39.2 Å². The van der Waals surface area contributed by atoms with Gasteiger partial charge in [-0.15, -0.1) is 11.8 Å². The lowest BCUT2D eigenvalue weighted by Gasteiger charge is -2.25. The number of ketones is 1. The fourth-order valence-electron chi connectivity index (χ4n) is 3.57. The zero-order valence-corrected chi connectivity index (χ0v) is 28.1. The number of hydrogen-bond acceptors (Lipinski definition) is 7. The normalized spacial score (nSPS) is 15.3. The summed E-state index contributed by atoms with van der Waals surface area (Å²) in [5.74, 6) is 6.60. The average Bonchev–Trinajstić information content (AvgIpc) is 3.37. The van der Waals surface area contributed by atoms with Gasteiger partial charge in [0, 0.05) is 42.3 Å². The number of unbranched alkanes of at least 4 members (excludes halogenated alkanes) is 1. The molecule has 1 aromatic heterocycles. The molecule has 0 unspecified atom stereocenters. The van der Waals surface area contributed by atoms with Crippen molar-refractivity contribution in [1.29, 1.82) is 0 Å². The monoisotopic (exact) mass is 594 g/mol. The van der Waals surface area contributed by atoms with Crippen LogP contribution in [-0.2, 0) is 14.3 Å². The van der Waals surface area contributed by atoms with E-state index in [1.54, 1.807) is 25.3 Å². The fourth-order valence-corrected chi connectivity index (χ4v) is 6.87. The van der Waals surface area contributed by atoms with Gasteiger partial charge in [-0.2, -0.15) is 0 Å². The number of nitrogens with one attached hydrogen (secondary N) is 1. The van der Waals surface area contributed by atoms with Crippen LogP contribution in [0.15, 0.2) is 24.5 Å². The Morgan fingerprint density at radius 1 is 1.12 bits per heavy atom. The van der Waals surface area contributed by atoms with Crippen LogP contribution in [0.3, 0.4) is 0 Å². The first-order chi connectivity index (χ1) is 19.0. The Bertz CT molecular complexity index is 868. The highest BCUT2D eigenvalue weighted by molar-refractivity contribution is 8.77. The molecule has 1 aromatic rings. The van der Waals surface area contributed by atoms with Gasteiger partial charge >= 0.3 is 5.97 Å². The highest BCUT2D eigenvalue weighted by Gasteiger charge is 2.29. The Morgan fingerprint density at radius 2 is 1.80 bits per heavy atom. The molecule has 6 nitrogen and oxygen atoms in total. The molecule has 2 rings (SSSR count). The lowest BCUT2D eigenvalue weighted by atomic mass is 9.99. The van der Waals surface area contributed by atoms with Crippen LogP contribution >= 0.6 is 21.6 Å². The largest absolute Gasteiger partial charge is 0.460 e. The zero-order valence-electron chi connectivity index (χ0n) is 26.5. The second kappa shape index (κ2) is 24.8. The Labute approximate surface area is 252 Å². The molecule has 1 aliphatic rings. The smallest absolute Gasteiger partial charge is 0.306 e. The van der Waals surface area contributed by atoms with Gasteiger partial charge in [-0.1, -0.05) is 55.2 Å². The topological polar surface area (TPSA) is 85.4 Å². The number of nitrogens with zero attached hydrogens (tertiary/aromatic N) is 1. The van der Waals surface area contributed by atoms with Crippen LogP contribution in [0.4, 0.5) is 0 Å². The molecule has 1 saturated heterocycles. The van der Waals surface area contributed by atoms with E-state index in [2.05, 4.69) is 36.0 Å². The third-order valence-corrected chi connectivity index (χ3v) is 9.08. The van der Waals surface area contributed by atoms with Crippen LogP contribution in [0.25, 0.3) is 0 Å². The second-order valence-electron chi connectivity index (χ2n) is 10.1. The molecule has 1 atom stereocenters. The summed E-state index contributed by atoms with van der Waals surface area (Å²) in [6.45, 7) is 18.2. The molecule has 0 radical (unpaired) electrons. The summed E-state index contributed by atoms with van der Waals surface area (Å²) in [6.07, 6.45) is 11.5. The quantitative estimate of drug-likeness (QED) is 0.106. The third-order valence-electron chi connectivity index (χ3n) is 5.72. The number of esters is 1. The summed E-state index contributed by atoms with van der Waals surface area (Å²) in [6, 6.07) is 3.41. The number of hydrogen-bond donors (Lipinski definition) is 1. The van der Waals surface area contributed by atoms with Crippen molar-refractivity contribution in [3.8, 4) is 11.8 Å². The molecule has 0 spiro atoms. The van der Waals surface area contributed by atoms with E-state index >= 15 is 0 Å². The number of amides is 1. The number of rotatable bonds is 13. The standard InChI is InChI=1S/C15H28O2S2.C11H14N2O2.C4H6.C2H6/c1-5-9-14(2,3)17-13(16)8-6-7-10-15(4)11-12-18-19-15;1-9(14)4-2-7-13-11(15)10-5-3-6-12-8-10;1-3-4-2;1-2/h5-12H2,1-4H3;3,5-6,8H,2,4,7H2,1H3,(H,13,15);1-2H3;1-2H3/t15-;;;/m1.../s1. The van der Waals surface area contributed by atoms with Crippen LogP contribution in [0, 0.1) is 11.8 Å². The Balaban J connectivity index is 0. The van der Waals surface area contributed by atoms with Gasteiger partial charge in [-0.25, -0.2) is 0 Å². The van der Waals surface area contributed by atoms with Crippen molar-refractivity contribution in [1.82, 2.24) is 10.3 Å². The van der Waals surface area contributed by atoms with Crippen molar-refractivity contribution in [2.24, 2.45) is 0 Å². The van der Waals surface area contributed by atoms with E-state index in [0.717, 1.165) is 25.7 Å². The van der Waals surface area contributed by atoms with E-state index in [0.29, 0.717) is 36.1 Å². The summed E-state index contributed by atoms with van der Waals surface area (Å²) < 4.78 is 5.97. The lowest BCUT2D eigenvalue weighted by molar-refractivity contribution is -0.157. The number of carbonyl (C=O) groups excluding carboxylic acids is 3. The van der Waals surface area contributed by atoms with E-state index in [9.17, 15) is 14.4 Å². The van der Waals surface area contributed by atoms with E-state index < -0.39 is 0 Å². The molecule has 0 aliphatic carbocycles. The SMILES string of the molecule is CC.CC#CC.CC(=O)CCCNC(=O)c1cccnc1.CCCC(C)(C)OC(=O)CCCC[C@]1(C)CCSS1. The van der Waals surface area contributed by atoms with Crippen molar-refractivity contribution in [2.75, 3.05) is 12.3 Å². The summed E-state index contributed by atoms with van der Waals surface area (Å²) in [5.41, 5.74) is 0.246.